The van der Waals surface area contributed by atoms with Crippen LogP contribution in [-0.4, -0.2) is 39.4 Å². The molecule has 1 N–H and O–H groups in total. The molecule has 0 saturated heterocycles. The molecule has 0 spiro atoms. The summed E-state index contributed by atoms with van der Waals surface area (Å²) in [6.45, 7) is 2.18. The summed E-state index contributed by atoms with van der Waals surface area (Å²) in [5.74, 6) is 1.20. The van der Waals surface area contributed by atoms with Crippen molar-refractivity contribution >= 4 is 56.6 Å². The Morgan fingerprint density at radius 2 is 1.79 bits per heavy atom. The zero-order chi connectivity index (χ0) is 20.7. The number of amides is 1. The molecule has 0 aromatic heterocycles. The quantitative estimate of drug-likeness (QED) is 0.571. The van der Waals surface area contributed by atoms with Crippen molar-refractivity contribution in [2.24, 2.45) is 0 Å². The summed E-state index contributed by atoms with van der Waals surface area (Å²) in [6.07, 6.45) is 1.04. The number of carbonyl (C=O) groups excluding carboxylic acids is 1. The molecule has 0 atom stereocenters. The van der Waals surface area contributed by atoms with Crippen LogP contribution in [-0.2, 0) is 20.6 Å². The van der Waals surface area contributed by atoms with Gasteiger partial charge in [0.25, 0.3) is 0 Å². The molecule has 28 heavy (non-hydrogen) atoms. The van der Waals surface area contributed by atoms with Crippen LogP contribution in [0.15, 0.2) is 42.5 Å². The number of sulfonamides is 1. The third-order valence-corrected chi connectivity index (χ3v) is 6.75. The van der Waals surface area contributed by atoms with Gasteiger partial charge in [-0.25, -0.2) is 8.42 Å². The third-order valence-electron chi connectivity index (χ3n) is 3.84. The van der Waals surface area contributed by atoms with E-state index < -0.39 is 10.0 Å². The van der Waals surface area contributed by atoms with E-state index in [1.165, 1.54) is 29.3 Å². The number of benzene rings is 2. The molecule has 5 nitrogen and oxygen atoms in total. The van der Waals surface area contributed by atoms with Gasteiger partial charge in [0, 0.05) is 18.1 Å². The molecule has 0 aliphatic rings. The molecule has 0 radical (unpaired) electrons. The first-order valence-corrected chi connectivity index (χ1v) is 12.3. The molecular formula is C19H22Cl2N2O3S2. The summed E-state index contributed by atoms with van der Waals surface area (Å²) >= 11 is 13.5. The minimum Gasteiger partial charge on any atom is -0.354 e. The molecule has 0 bridgehead atoms. The number of nitrogens with zero attached hydrogens (tertiary/aromatic N) is 1. The summed E-state index contributed by atoms with van der Waals surface area (Å²) in [7, 11) is -3.65. The zero-order valence-electron chi connectivity index (χ0n) is 15.6. The lowest BCUT2D eigenvalue weighted by Gasteiger charge is -2.22. The van der Waals surface area contributed by atoms with E-state index in [1.54, 1.807) is 11.8 Å². The molecule has 2 rings (SSSR count). The van der Waals surface area contributed by atoms with Crippen molar-refractivity contribution in [1.29, 1.82) is 0 Å². The van der Waals surface area contributed by atoms with E-state index in [1.807, 2.05) is 6.92 Å². The smallest absolute Gasteiger partial charge is 0.240 e. The first-order valence-electron chi connectivity index (χ1n) is 8.49. The number of rotatable bonds is 9. The molecule has 2 aromatic rings. The van der Waals surface area contributed by atoms with Gasteiger partial charge >= 0.3 is 0 Å². The Labute approximate surface area is 180 Å². The summed E-state index contributed by atoms with van der Waals surface area (Å²) in [5, 5.41) is 3.29. The van der Waals surface area contributed by atoms with Gasteiger partial charge in [-0.1, -0.05) is 53.0 Å². The fourth-order valence-corrected chi connectivity index (χ4v) is 4.32. The number of anilines is 1. The molecule has 0 unspecified atom stereocenters. The van der Waals surface area contributed by atoms with Crippen molar-refractivity contribution < 1.29 is 13.2 Å². The second-order valence-electron chi connectivity index (χ2n) is 6.26. The molecule has 1 amide bonds. The average Bonchev–Trinajstić information content (AvgIpc) is 2.62. The van der Waals surface area contributed by atoms with Crippen LogP contribution in [0.5, 0.6) is 0 Å². The maximum absolute atomic E-state index is 12.2. The minimum absolute atomic E-state index is 0.223. The van der Waals surface area contributed by atoms with Crippen molar-refractivity contribution in [2.45, 2.75) is 12.7 Å². The van der Waals surface area contributed by atoms with Crippen molar-refractivity contribution in [1.82, 2.24) is 5.32 Å². The molecule has 0 saturated carbocycles. The predicted octanol–water partition coefficient (Wildman–Crippen LogP) is 4.12. The summed E-state index contributed by atoms with van der Waals surface area (Å²) in [5.41, 5.74) is 2.74. The summed E-state index contributed by atoms with van der Waals surface area (Å²) in [4.78, 5) is 12.2. The second-order valence-corrected chi connectivity index (χ2v) is 10.1. The van der Waals surface area contributed by atoms with Gasteiger partial charge in [0.15, 0.2) is 0 Å². The molecule has 0 fully saturated rings. The highest BCUT2D eigenvalue weighted by Gasteiger charge is 2.21. The fraction of sp³-hybridized carbons (Fsp3) is 0.316. The van der Waals surface area contributed by atoms with Crippen LogP contribution < -0.4 is 9.62 Å². The Morgan fingerprint density at radius 1 is 1.11 bits per heavy atom. The number of halogens is 2. The van der Waals surface area contributed by atoms with Crippen LogP contribution in [0.2, 0.25) is 10.0 Å². The molecule has 0 aliphatic heterocycles. The normalized spacial score (nSPS) is 11.3. The van der Waals surface area contributed by atoms with E-state index in [2.05, 4.69) is 29.6 Å². The first kappa shape index (κ1) is 22.9. The van der Waals surface area contributed by atoms with Gasteiger partial charge in [0.2, 0.25) is 15.9 Å². The van der Waals surface area contributed by atoms with Crippen LogP contribution in [0.3, 0.4) is 0 Å². The first-order chi connectivity index (χ1) is 13.2. The topological polar surface area (TPSA) is 66.5 Å². The van der Waals surface area contributed by atoms with Gasteiger partial charge in [-0.2, -0.15) is 11.8 Å². The van der Waals surface area contributed by atoms with Gasteiger partial charge < -0.3 is 5.32 Å². The average molecular weight is 461 g/mol. The lowest BCUT2D eigenvalue weighted by atomic mass is 10.2. The Kier molecular flexibility index (Phi) is 8.49. The third kappa shape index (κ3) is 7.20. The largest absolute Gasteiger partial charge is 0.354 e. The van der Waals surface area contributed by atoms with Gasteiger partial charge in [-0.3, -0.25) is 9.10 Å². The van der Waals surface area contributed by atoms with Crippen LogP contribution in [0.4, 0.5) is 5.69 Å². The maximum atomic E-state index is 12.2. The monoisotopic (exact) mass is 460 g/mol. The minimum atomic E-state index is -3.65. The standard InChI is InChI=1S/C19H22Cl2N2O3S2/c1-14-3-5-15(6-4-14)13-27-10-9-22-19(24)12-23(28(2,25)26)16-7-8-17(20)18(21)11-16/h3-8,11H,9-10,12-13H2,1-2H3,(H,22,24). The van der Waals surface area contributed by atoms with Gasteiger partial charge in [-0.05, 0) is 30.7 Å². The van der Waals surface area contributed by atoms with Crippen LogP contribution in [0, 0.1) is 6.92 Å². The van der Waals surface area contributed by atoms with E-state index in [9.17, 15) is 13.2 Å². The van der Waals surface area contributed by atoms with Crippen molar-refractivity contribution in [3.63, 3.8) is 0 Å². The van der Waals surface area contributed by atoms with E-state index in [0.717, 1.165) is 22.1 Å². The molecule has 152 valence electrons. The van der Waals surface area contributed by atoms with Gasteiger partial charge in [-0.15, -0.1) is 0 Å². The number of nitrogens with one attached hydrogen (secondary N) is 1. The van der Waals surface area contributed by atoms with Crippen LogP contribution in [0.25, 0.3) is 0 Å². The Bertz CT molecular complexity index is 919. The number of thioether (sulfide) groups is 1. The number of hydrogen-bond acceptors (Lipinski definition) is 4. The van der Waals surface area contributed by atoms with E-state index in [-0.39, 0.29) is 17.5 Å². The Balaban J connectivity index is 1.84. The van der Waals surface area contributed by atoms with Crippen molar-refractivity contribution in [3.05, 3.63) is 63.6 Å². The number of aryl methyl sites for hydroxylation is 1. The Hall–Kier alpha value is -1.41. The SMILES string of the molecule is Cc1ccc(CSCCNC(=O)CN(c2ccc(Cl)c(Cl)c2)S(C)(=O)=O)cc1. The second kappa shape index (κ2) is 10.4. The summed E-state index contributed by atoms with van der Waals surface area (Å²) < 4.78 is 25.2. The Morgan fingerprint density at radius 3 is 2.39 bits per heavy atom. The summed E-state index contributed by atoms with van der Waals surface area (Å²) in [6, 6.07) is 12.7. The zero-order valence-corrected chi connectivity index (χ0v) is 18.8. The van der Waals surface area contributed by atoms with Crippen LogP contribution >= 0.6 is 35.0 Å². The number of hydrogen-bond donors (Lipinski definition) is 1. The number of carbonyl (C=O) groups is 1. The lowest BCUT2D eigenvalue weighted by molar-refractivity contribution is -0.119. The van der Waals surface area contributed by atoms with E-state index in [4.69, 9.17) is 23.2 Å². The van der Waals surface area contributed by atoms with E-state index in [0.29, 0.717) is 17.3 Å². The maximum Gasteiger partial charge on any atom is 0.240 e. The molecule has 9 heteroatoms. The van der Waals surface area contributed by atoms with Gasteiger partial charge in [0.05, 0.1) is 22.0 Å². The lowest BCUT2D eigenvalue weighted by Crippen LogP contribution is -2.41. The predicted molar refractivity (Wildman–Crippen MR) is 119 cm³/mol. The van der Waals surface area contributed by atoms with Gasteiger partial charge in [0.1, 0.15) is 6.54 Å². The van der Waals surface area contributed by atoms with Crippen molar-refractivity contribution in [3.8, 4) is 0 Å². The molecular weight excluding hydrogens is 439 g/mol. The fourth-order valence-electron chi connectivity index (χ4n) is 2.36. The molecule has 0 aliphatic carbocycles. The molecule has 2 aromatic carbocycles. The highest BCUT2D eigenvalue weighted by Crippen LogP contribution is 2.28. The highest BCUT2D eigenvalue weighted by atomic mass is 35.5. The molecule has 0 heterocycles. The van der Waals surface area contributed by atoms with Crippen LogP contribution in [0.1, 0.15) is 11.1 Å². The van der Waals surface area contributed by atoms with E-state index >= 15 is 0 Å². The highest BCUT2D eigenvalue weighted by molar-refractivity contribution is 7.98. The van der Waals surface area contributed by atoms with Crippen molar-refractivity contribution in [2.75, 3.05) is 29.4 Å².